The lowest BCUT2D eigenvalue weighted by Gasteiger charge is -2.51. The smallest absolute Gasteiger partial charge is 0.348 e. The summed E-state index contributed by atoms with van der Waals surface area (Å²) in [5.74, 6) is 3.01. The largest absolute Gasteiger partial charge is 0.478 e. The summed E-state index contributed by atoms with van der Waals surface area (Å²) in [7, 11) is 0. The first-order valence-electron chi connectivity index (χ1n) is 11.9. The van der Waals surface area contributed by atoms with E-state index >= 15 is 0 Å². The van der Waals surface area contributed by atoms with Gasteiger partial charge in [-0.25, -0.2) is 4.79 Å². The standard InChI is InChI=1S/C25H34O6/c1-14-4-10-20-16(3)22(30-23-21(20)19(14)11-5-15(2)28-23)29-17-6-8-18(9-7-17)31-25(12-13-25)24(26)27/h6-9,14-16,19-23H,4-5,10-13H2,1-3H3,(H,26,27)/t14-,15?,16-,19+,20+,21?,22+,23+/m1/s1. The maximum atomic E-state index is 11.3. The van der Waals surface area contributed by atoms with Gasteiger partial charge in [-0.2, -0.15) is 0 Å². The van der Waals surface area contributed by atoms with E-state index in [2.05, 4.69) is 20.8 Å². The minimum Gasteiger partial charge on any atom is -0.478 e. The second kappa shape index (κ2) is 7.96. The zero-order chi connectivity index (χ0) is 21.8. The third-order valence-electron chi connectivity index (χ3n) is 8.12. The van der Waals surface area contributed by atoms with E-state index < -0.39 is 11.6 Å². The van der Waals surface area contributed by atoms with Crippen molar-refractivity contribution in [2.24, 2.45) is 29.6 Å². The van der Waals surface area contributed by atoms with Crippen LogP contribution in [0.25, 0.3) is 0 Å². The van der Waals surface area contributed by atoms with Crippen LogP contribution in [-0.2, 0) is 14.3 Å². The third-order valence-corrected chi connectivity index (χ3v) is 8.12. The molecular formula is C25H34O6. The fourth-order valence-corrected chi connectivity index (χ4v) is 6.00. The molecule has 0 radical (unpaired) electrons. The highest BCUT2D eigenvalue weighted by Crippen LogP contribution is 2.52. The summed E-state index contributed by atoms with van der Waals surface area (Å²) >= 11 is 0. The Labute approximate surface area is 184 Å². The number of hydrogen-bond donors (Lipinski definition) is 1. The SMILES string of the molecule is CC1CC[C@@H]2C3[C@@H](O1)O[C@H](Oc1ccc(OC4(C(=O)O)CC4)cc1)[C@H](C)[C@@H]3CC[C@H]2C. The monoisotopic (exact) mass is 430 g/mol. The number of rotatable bonds is 5. The van der Waals surface area contributed by atoms with Crippen molar-refractivity contribution in [2.75, 3.05) is 0 Å². The molecular weight excluding hydrogens is 396 g/mol. The Morgan fingerprint density at radius 3 is 2.32 bits per heavy atom. The van der Waals surface area contributed by atoms with Crippen LogP contribution in [0.15, 0.2) is 24.3 Å². The molecule has 8 atom stereocenters. The van der Waals surface area contributed by atoms with Gasteiger partial charge in [0.15, 0.2) is 6.29 Å². The van der Waals surface area contributed by atoms with Crippen LogP contribution in [0.2, 0.25) is 0 Å². The van der Waals surface area contributed by atoms with Crippen LogP contribution in [0.3, 0.4) is 0 Å². The van der Waals surface area contributed by atoms with Gasteiger partial charge in [-0.05, 0) is 68.2 Å². The van der Waals surface area contributed by atoms with Gasteiger partial charge in [-0.3, -0.25) is 0 Å². The molecule has 0 amide bonds. The Hall–Kier alpha value is -1.79. The van der Waals surface area contributed by atoms with Crippen LogP contribution < -0.4 is 9.47 Å². The lowest BCUT2D eigenvalue weighted by molar-refractivity contribution is -0.315. The zero-order valence-electron chi connectivity index (χ0n) is 18.7. The van der Waals surface area contributed by atoms with Crippen molar-refractivity contribution in [1.29, 1.82) is 0 Å². The van der Waals surface area contributed by atoms with Crippen molar-refractivity contribution in [3.8, 4) is 11.5 Å². The Morgan fingerprint density at radius 2 is 1.65 bits per heavy atom. The molecule has 170 valence electrons. The predicted octanol–water partition coefficient (Wildman–Crippen LogP) is 4.86. The highest BCUT2D eigenvalue weighted by atomic mass is 16.8. The summed E-state index contributed by atoms with van der Waals surface area (Å²) in [6, 6.07) is 7.21. The van der Waals surface area contributed by atoms with Crippen LogP contribution >= 0.6 is 0 Å². The molecule has 6 nitrogen and oxygen atoms in total. The van der Waals surface area contributed by atoms with Crippen molar-refractivity contribution < 1.29 is 28.8 Å². The quantitative estimate of drug-likeness (QED) is 0.719. The fraction of sp³-hybridized carbons (Fsp3) is 0.720. The molecule has 31 heavy (non-hydrogen) atoms. The number of carbonyl (C=O) groups is 1. The highest BCUT2D eigenvalue weighted by molar-refractivity contribution is 5.81. The van der Waals surface area contributed by atoms with Crippen molar-refractivity contribution in [3.05, 3.63) is 24.3 Å². The van der Waals surface area contributed by atoms with Crippen molar-refractivity contribution in [2.45, 2.75) is 83.6 Å². The summed E-state index contributed by atoms with van der Waals surface area (Å²) < 4.78 is 24.8. The summed E-state index contributed by atoms with van der Waals surface area (Å²) in [4.78, 5) is 11.3. The molecule has 4 fully saturated rings. The number of carboxylic acids is 1. The average Bonchev–Trinajstić information content (AvgIpc) is 3.54. The number of benzene rings is 1. The maximum absolute atomic E-state index is 11.3. The van der Waals surface area contributed by atoms with Crippen LogP contribution in [-0.4, -0.2) is 35.4 Å². The molecule has 5 rings (SSSR count). The predicted molar refractivity (Wildman–Crippen MR) is 114 cm³/mol. The molecule has 4 aliphatic rings. The average molecular weight is 431 g/mol. The molecule has 2 aliphatic heterocycles. The molecule has 2 aliphatic carbocycles. The van der Waals surface area contributed by atoms with Gasteiger partial charge in [-0.1, -0.05) is 20.3 Å². The van der Waals surface area contributed by atoms with E-state index in [1.54, 1.807) is 12.1 Å². The normalized spacial score (nSPS) is 40.9. The van der Waals surface area contributed by atoms with Gasteiger partial charge < -0.3 is 24.1 Å². The molecule has 6 heteroatoms. The Bertz CT molecular complexity index is 803. The first-order chi connectivity index (χ1) is 14.9. The first-order valence-corrected chi connectivity index (χ1v) is 11.9. The topological polar surface area (TPSA) is 74.2 Å². The first kappa shape index (κ1) is 21.1. The second-order valence-electron chi connectivity index (χ2n) is 10.2. The van der Waals surface area contributed by atoms with Crippen molar-refractivity contribution in [3.63, 3.8) is 0 Å². The zero-order valence-corrected chi connectivity index (χ0v) is 18.7. The molecule has 1 N–H and O–H groups in total. The van der Waals surface area contributed by atoms with Gasteiger partial charge in [-0.15, -0.1) is 0 Å². The maximum Gasteiger partial charge on any atom is 0.348 e. The van der Waals surface area contributed by atoms with E-state index in [-0.39, 0.29) is 24.6 Å². The minimum atomic E-state index is -1.04. The lowest BCUT2D eigenvalue weighted by atomic mass is 9.61. The number of aliphatic carboxylic acids is 1. The van der Waals surface area contributed by atoms with Gasteiger partial charge in [0.1, 0.15) is 11.5 Å². The van der Waals surface area contributed by atoms with Crippen LogP contribution in [0.1, 0.15) is 59.3 Å². The van der Waals surface area contributed by atoms with Gasteiger partial charge in [0.2, 0.25) is 11.9 Å². The molecule has 0 spiro atoms. The Morgan fingerprint density at radius 1 is 0.968 bits per heavy atom. The Kier molecular flexibility index (Phi) is 5.41. The fourth-order valence-electron chi connectivity index (χ4n) is 6.00. The summed E-state index contributed by atoms with van der Waals surface area (Å²) in [6.07, 6.45) is 5.53. The van der Waals surface area contributed by atoms with Crippen molar-refractivity contribution >= 4 is 5.97 Å². The molecule has 0 bridgehead atoms. The molecule has 2 heterocycles. The summed E-state index contributed by atoms with van der Waals surface area (Å²) in [5, 5.41) is 9.31. The van der Waals surface area contributed by atoms with Crippen LogP contribution in [0.5, 0.6) is 11.5 Å². The van der Waals surface area contributed by atoms with E-state index in [0.717, 1.165) is 12.3 Å². The second-order valence-corrected chi connectivity index (χ2v) is 10.2. The van der Waals surface area contributed by atoms with E-state index in [9.17, 15) is 9.90 Å². The van der Waals surface area contributed by atoms with E-state index in [1.807, 2.05) is 12.1 Å². The van der Waals surface area contributed by atoms with E-state index in [4.69, 9.17) is 18.9 Å². The Balaban J connectivity index is 1.29. The summed E-state index contributed by atoms with van der Waals surface area (Å²) in [6.45, 7) is 6.78. The molecule has 1 aromatic carbocycles. The molecule has 2 saturated heterocycles. The highest BCUT2D eigenvalue weighted by Gasteiger charge is 2.54. The lowest BCUT2D eigenvalue weighted by Crippen LogP contribution is -2.54. The van der Waals surface area contributed by atoms with Gasteiger partial charge >= 0.3 is 5.97 Å². The van der Waals surface area contributed by atoms with Gasteiger partial charge in [0.25, 0.3) is 0 Å². The van der Waals surface area contributed by atoms with E-state index in [1.165, 1.54) is 19.3 Å². The third kappa shape index (κ3) is 3.93. The number of ether oxygens (including phenoxy) is 4. The van der Waals surface area contributed by atoms with Crippen molar-refractivity contribution in [1.82, 2.24) is 0 Å². The van der Waals surface area contributed by atoms with Gasteiger partial charge in [0.05, 0.1) is 6.10 Å². The molecule has 2 saturated carbocycles. The molecule has 2 unspecified atom stereocenters. The number of carboxylic acid groups (broad SMARTS) is 1. The van der Waals surface area contributed by atoms with Crippen LogP contribution in [0, 0.1) is 29.6 Å². The molecule has 0 aromatic heterocycles. The minimum absolute atomic E-state index is 0.204. The molecule has 1 aromatic rings. The van der Waals surface area contributed by atoms with E-state index in [0.29, 0.717) is 42.1 Å². The van der Waals surface area contributed by atoms with Gasteiger partial charge in [0, 0.05) is 24.7 Å². The van der Waals surface area contributed by atoms with Crippen LogP contribution in [0.4, 0.5) is 0 Å². The summed E-state index contributed by atoms with van der Waals surface area (Å²) in [5.41, 5.74) is -1.04. The number of hydrogen-bond acceptors (Lipinski definition) is 5.